The lowest BCUT2D eigenvalue weighted by Gasteiger charge is -2.38. The van der Waals surface area contributed by atoms with Crippen LogP contribution in [0.1, 0.15) is 47.0 Å². The third kappa shape index (κ3) is 2.73. The van der Waals surface area contributed by atoms with E-state index in [1.807, 2.05) is 0 Å². The lowest BCUT2D eigenvalue weighted by Crippen LogP contribution is -2.37. The van der Waals surface area contributed by atoms with Gasteiger partial charge in [-0.3, -0.25) is 4.79 Å². The zero-order valence-corrected chi connectivity index (χ0v) is 9.75. The van der Waals surface area contributed by atoms with Crippen LogP contribution >= 0.6 is 0 Å². The molecule has 0 aliphatic heterocycles. The average Bonchev–Trinajstić information content (AvgIpc) is 2.01. The summed E-state index contributed by atoms with van der Waals surface area (Å²) in [6, 6.07) is 0. The Kier molecular flexibility index (Phi) is 3.97. The zero-order chi connectivity index (χ0) is 10.7. The van der Waals surface area contributed by atoms with Gasteiger partial charge < -0.3 is 4.74 Å². The largest absolute Gasteiger partial charge is 0.462 e. The van der Waals surface area contributed by atoms with Gasteiger partial charge in [0.15, 0.2) is 0 Å². The number of esters is 1. The van der Waals surface area contributed by atoms with Crippen molar-refractivity contribution in [2.24, 2.45) is 17.8 Å². The molecule has 0 amide bonds. The summed E-state index contributed by atoms with van der Waals surface area (Å²) in [5.74, 6) is 1.71. The number of ether oxygens (including phenoxy) is 1. The van der Waals surface area contributed by atoms with Crippen LogP contribution in [0.3, 0.4) is 0 Å². The summed E-state index contributed by atoms with van der Waals surface area (Å²) < 4.78 is 5.40. The maximum Gasteiger partial charge on any atom is 0.302 e. The molecule has 1 saturated carbocycles. The molecule has 0 aromatic rings. The van der Waals surface area contributed by atoms with Gasteiger partial charge in [-0.2, -0.15) is 0 Å². The third-order valence-electron chi connectivity index (χ3n) is 3.32. The van der Waals surface area contributed by atoms with Crippen LogP contribution in [-0.4, -0.2) is 12.1 Å². The highest BCUT2D eigenvalue weighted by atomic mass is 16.5. The summed E-state index contributed by atoms with van der Waals surface area (Å²) in [5, 5.41) is 0. The van der Waals surface area contributed by atoms with Crippen LogP contribution in [-0.2, 0) is 9.53 Å². The molecular weight excluding hydrogens is 176 g/mol. The summed E-state index contributed by atoms with van der Waals surface area (Å²) in [7, 11) is 0. The highest BCUT2D eigenvalue weighted by Crippen LogP contribution is 2.36. The SMILES string of the molecule is CC(=O)OC1CCCC(C)C1C(C)C. The van der Waals surface area contributed by atoms with E-state index < -0.39 is 0 Å². The Morgan fingerprint density at radius 1 is 1.36 bits per heavy atom. The molecule has 0 bridgehead atoms. The van der Waals surface area contributed by atoms with E-state index in [-0.39, 0.29) is 12.1 Å². The summed E-state index contributed by atoms with van der Waals surface area (Å²) in [6.45, 7) is 8.24. The quantitative estimate of drug-likeness (QED) is 0.637. The number of carbonyl (C=O) groups is 1. The Morgan fingerprint density at radius 3 is 2.50 bits per heavy atom. The van der Waals surface area contributed by atoms with Crippen LogP contribution in [0, 0.1) is 17.8 Å². The molecule has 0 aromatic carbocycles. The molecule has 0 radical (unpaired) electrons. The minimum absolute atomic E-state index is 0.130. The highest BCUT2D eigenvalue weighted by Gasteiger charge is 2.34. The molecule has 0 saturated heterocycles. The first kappa shape index (κ1) is 11.5. The summed E-state index contributed by atoms with van der Waals surface area (Å²) in [6.07, 6.45) is 3.69. The van der Waals surface area contributed by atoms with Gasteiger partial charge >= 0.3 is 5.97 Å². The van der Waals surface area contributed by atoms with E-state index in [2.05, 4.69) is 20.8 Å². The van der Waals surface area contributed by atoms with Gasteiger partial charge in [-0.25, -0.2) is 0 Å². The molecule has 1 fully saturated rings. The maximum atomic E-state index is 11.0. The van der Waals surface area contributed by atoms with Gasteiger partial charge in [0, 0.05) is 12.8 Å². The van der Waals surface area contributed by atoms with Crippen LogP contribution in [0.5, 0.6) is 0 Å². The topological polar surface area (TPSA) is 26.3 Å². The van der Waals surface area contributed by atoms with Gasteiger partial charge in [-0.15, -0.1) is 0 Å². The summed E-state index contributed by atoms with van der Waals surface area (Å²) >= 11 is 0. The minimum atomic E-state index is -0.130. The van der Waals surface area contributed by atoms with Crippen molar-refractivity contribution >= 4 is 5.97 Å². The summed E-state index contributed by atoms with van der Waals surface area (Å²) in [5.41, 5.74) is 0. The number of hydrogen-bond donors (Lipinski definition) is 0. The Morgan fingerprint density at radius 2 is 2.00 bits per heavy atom. The molecule has 1 rings (SSSR count). The molecule has 0 aromatic heterocycles. The van der Waals surface area contributed by atoms with Crippen molar-refractivity contribution in [2.75, 3.05) is 0 Å². The van der Waals surface area contributed by atoms with Crippen molar-refractivity contribution in [3.8, 4) is 0 Å². The maximum absolute atomic E-state index is 11.0. The van der Waals surface area contributed by atoms with Crippen molar-refractivity contribution in [1.82, 2.24) is 0 Å². The predicted octanol–water partition coefficient (Wildman–Crippen LogP) is 3.01. The van der Waals surface area contributed by atoms with Gasteiger partial charge in [0.05, 0.1) is 0 Å². The molecule has 1 aliphatic rings. The molecule has 0 N–H and O–H groups in total. The molecule has 14 heavy (non-hydrogen) atoms. The molecular formula is C12H22O2. The van der Waals surface area contributed by atoms with E-state index >= 15 is 0 Å². The molecule has 3 unspecified atom stereocenters. The van der Waals surface area contributed by atoms with Crippen LogP contribution in [0.25, 0.3) is 0 Å². The monoisotopic (exact) mass is 198 g/mol. The van der Waals surface area contributed by atoms with Crippen molar-refractivity contribution in [2.45, 2.75) is 53.1 Å². The van der Waals surface area contributed by atoms with Crippen molar-refractivity contribution in [3.05, 3.63) is 0 Å². The minimum Gasteiger partial charge on any atom is -0.462 e. The normalized spacial score (nSPS) is 33.1. The molecule has 3 atom stereocenters. The second-order valence-electron chi connectivity index (χ2n) is 4.88. The second-order valence-corrected chi connectivity index (χ2v) is 4.88. The van der Waals surface area contributed by atoms with Gasteiger partial charge in [-0.05, 0) is 24.7 Å². The van der Waals surface area contributed by atoms with Gasteiger partial charge in [0.25, 0.3) is 0 Å². The predicted molar refractivity (Wildman–Crippen MR) is 56.9 cm³/mol. The first-order valence-corrected chi connectivity index (χ1v) is 5.69. The molecule has 82 valence electrons. The smallest absolute Gasteiger partial charge is 0.302 e. The molecule has 2 heteroatoms. The number of rotatable bonds is 2. The van der Waals surface area contributed by atoms with E-state index in [4.69, 9.17) is 4.74 Å². The molecule has 2 nitrogen and oxygen atoms in total. The van der Waals surface area contributed by atoms with Crippen molar-refractivity contribution in [1.29, 1.82) is 0 Å². The molecule has 1 aliphatic carbocycles. The van der Waals surface area contributed by atoms with E-state index in [1.54, 1.807) is 0 Å². The average molecular weight is 198 g/mol. The Balaban J connectivity index is 2.64. The zero-order valence-electron chi connectivity index (χ0n) is 9.75. The van der Waals surface area contributed by atoms with Crippen LogP contribution in [0.15, 0.2) is 0 Å². The summed E-state index contributed by atoms with van der Waals surface area (Å²) in [4.78, 5) is 11.0. The highest BCUT2D eigenvalue weighted by molar-refractivity contribution is 5.66. The van der Waals surface area contributed by atoms with Crippen LogP contribution < -0.4 is 0 Å². The fourth-order valence-corrected chi connectivity index (χ4v) is 2.83. The molecule has 0 heterocycles. The van der Waals surface area contributed by atoms with E-state index in [0.717, 1.165) is 6.42 Å². The first-order chi connectivity index (χ1) is 6.52. The third-order valence-corrected chi connectivity index (χ3v) is 3.32. The van der Waals surface area contributed by atoms with Crippen molar-refractivity contribution < 1.29 is 9.53 Å². The first-order valence-electron chi connectivity index (χ1n) is 5.69. The number of hydrogen-bond acceptors (Lipinski definition) is 2. The Labute approximate surface area is 87.0 Å². The van der Waals surface area contributed by atoms with E-state index in [0.29, 0.717) is 17.8 Å². The fourth-order valence-electron chi connectivity index (χ4n) is 2.83. The van der Waals surface area contributed by atoms with Crippen LogP contribution in [0.4, 0.5) is 0 Å². The Hall–Kier alpha value is -0.530. The lowest BCUT2D eigenvalue weighted by atomic mass is 9.72. The second kappa shape index (κ2) is 4.81. The fraction of sp³-hybridized carbons (Fsp3) is 0.917. The lowest BCUT2D eigenvalue weighted by molar-refractivity contribution is -0.153. The molecule has 0 spiro atoms. The van der Waals surface area contributed by atoms with E-state index in [9.17, 15) is 4.79 Å². The van der Waals surface area contributed by atoms with Crippen molar-refractivity contribution in [3.63, 3.8) is 0 Å². The van der Waals surface area contributed by atoms with Gasteiger partial charge in [0.2, 0.25) is 0 Å². The van der Waals surface area contributed by atoms with Gasteiger partial charge in [0.1, 0.15) is 6.10 Å². The standard InChI is InChI=1S/C12H22O2/c1-8(2)12-9(3)6-5-7-11(12)14-10(4)13/h8-9,11-12H,5-7H2,1-4H3. The number of carbonyl (C=O) groups excluding carboxylic acids is 1. The van der Waals surface area contributed by atoms with Crippen LogP contribution in [0.2, 0.25) is 0 Å². The van der Waals surface area contributed by atoms with Gasteiger partial charge in [-0.1, -0.05) is 27.2 Å². The van der Waals surface area contributed by atoms with E-state index in [1.165, 1.54) is 19.8 Å². The Bertz CT molecular complexity index is 198.